The summed E-state index contributed by atoms with van der Waals surface area (Å²) in [5.41, 5.74) is 3.71. The molecule has 2 aliphatic rings. The molecule has 5 rings (SSSR count). The second-order valence-corrected chi connectivity index (χ2v) is 10.9. The first-order chi connectivity index (χ1) is 16.7. The average Bonchev–Trinajstić information content (AvgIpc) is 3.24. The molecule has 2 aromatic heterocycles. The molecule has 1 amide bonds. The van der Waals surface area contributed by atoms with Gasteiger partial charge in [-0.1, -0.05) is 32.0 Å². The summed E-state index contributed by atoms with van der Waals surface area (Å²) in [6.45, 7) is 4.63. The highest BCUT2D eigenvalue weighted by Crippen LogP contribution is 2.46. The number of carbonyl (C=O) groups excluding carboxylic acids is 1. The Balaban J connectivity index is 1.46. The number of hydrogen-bond acceptors (Lipinski definition) is 4. The number of alkyl halides is 3. The van der Waals surface area contributed by atoms with Gasteiger partial charge in [-0.3, -0.25) is 9.78 Å². The van der Waals surface area contributed by atoms with Crippen molar-refractivity contribution in [2.75, 3.05) is 6.61 Å². The van der Waals surface area contributed by atoms with E-state index in [0.29, 0.717) is 30.7 Å². The maximum Gasteiger partial charge on any atom is 0.391 e. The van der Waals surface area contributed by atoms with Gasteiger partial charge in [0.15, 0.2) is 0 Å². The Morgan fingerprint density at radius 3 is 2.54 bits per heavy atom. The first-order valence-electron chi connectivity index (χ1n) is 12.2. The first-order valence-corrected chi connectivity index (χ1v) is 13.1. The maximum atomic E-state index is 13.6. The Labute approximate surface area is 206 Å². The summed E-state index contributed by atoms with van der Waals surface area (Å²) in [6.07, 6.45) is -0.398. The van der Waals surface area contributed by atoms with Crippen molar-refractivity contribution >= 4 is 27.5 Å². The van der Waals surface area contributed by atoms with Gasteiger partial charge >= 0.3 is 6.18 Å². The van der Waals surface area contributed by atoms with Gasteiger partial charge in [-0.05, 0) is 55.2 Å². The van der Waals surface area contributed by atoms with Gasteiger partial charge in [0.1, 0.15) is 5.75 Å². The standard InChI is InChI=1S/C27H29F3N2O2S/c1-15(2)22-23-24(18(11-13-31-23)16-7-9-17(10-8-16)27(28,29)30)35-25(22)26(33)32-20-12-14-34-21-6-4-3-5-19(20)21/h3-6,11,13,15-17,20H,7-10,12,14H2,1-2H3,(H,32,33)/t16-,17-,20-/m0/s1. The minimum atomic E-state index is -4.12. The van der Waals surface area contributed by atoms with Gasteiger partial charge in [0, 0.05) is 23.7 Å². The van der Waals surface area contributed by atoms with Crippen molar-refractivity contribution in [2.45, 2.75) is 70.0 Å². The van der Waals surface area contributed by atoms with E-state index in [2.05, 4.69) is 10.3 Å². The zero-order valence-corrected chi connectivity index (χ0v) is 20.6. The van der Waals surface area contributed by atoms with Crippen LogP contribution in [-0.4, -0.2) is 23.7 Å². The maximum absolute atomic E-state index is 13.6. The van der Waals surface area contributed by atoms with Crippen LogP contribution < -0.4 is 10.1 Å². The second-order valence-electron chi connectivity index (χ2n) is 9.87. The molecular weight excluding hydrogens is 473 g/mol. The van der Waals surface area contributed by atoms with Crippen LogP contribution in [0.4, 0.5) is 13.2 Å². The summed E-state index contributed by atoms with van der Waals surface area (Å²) in [7, 11) is 0. The zero-order valence-electron chi connectivity index (χ0n) is 19.8. The summed E-state index contributed by atoms with van der Waals surface area (Å²) < 4.78 is 46.2. The molecular formula is C27H29F3N2O2S. The van der Waals surface area contributed by atoms with E-state index in [0.717, 1.165) is 32.7 Å². The molecule has 35 heavy (non-hydrogen) atoms. The smallest absolute Gasteiger partial charge is 0.391 e. The Bertz CT molecular complexity index is 1230. The van der Waals surface area contributed by atoms with Gasteiger partial charge in [-0.2, -0.15) is 13.2 Å². The van der Waals surface area contributed by atoms with Crippen molar-refractivity contribution in [1.82, 2.24) is 10.3 Å². The van der Waals surface area contributed by atoms with Gasteiger partial charge in [-0.25, -0.2) is 0 Å². The van der Waals surface area contributed by atoms with E-state index in [1.807, 2.05) is 44.2 Å². The summed E-state index contributed by atoms with van der Waals surface area (Å²) in [6, 6.07) is 9.54. The Kier molecular flexibility index (Phi) is 6.51. The van der Waals surface area contributed by atoms with Crippen LogP contribution in [0.1, 0.15) is 90.2 Å². The number of para-hydroxylation sites is 1. The molecule has 0 unspecified atom stereocenters. The zero-order chi connectivity index (χ0) is 24.7. The Morgan fingerprint density at radius 1 is 1.09 bits per heavy atom. The number of ether oxygens (including phenoxy) is 1. The summed E-state index contributed by atoms with van der Waals surface area (Å²) in [5, 5.41) is 3.21. The van der Waals surface area contributed by atoms with Gasteiger partial charge in [0.05, 0.1) is 33.7 Å². The minimum absolute atomic E-state index is 0.0519. The van der Waals surface area contributed by atoms with E-state index in [1.54, 1.807) is 6.20 Å². The molecule has 0 radical (unpaired) electrons. The molecule has 186 valence electrons. The topological polar surface area (TPSA) is 51.2 Å². The first kappa shape index (κ1) is 24.1. The predicted octanol–water partition coefficient (Wildman–Crippen LogP) is 7.51. The molecule has 1 fully saturated rings. The Hall–Kier alpha value is -2.61. The van der Waals surface area contributed by atoms with Gasteiger partial charge in [0.25, 0.3) is 5.91 Å². The fourth-order valence-electron chi connectivity index (χ4n) is 5.50. The molecule has 1 aliphatic carbocycles. The lowest BCUT2D eigenvalue weighted by Crippen LogP contribution is -2.32. The predicted molar refractivity (Wildman–Crippen MR) is 131 cm³/mol. The van der Waals surface area contributed by atoms with Crippen LogP contribution in [-0.2, 0) is 0 Å². The molecule has 1 aromatic carbocycles. The molecule has 0 bridgehead atoms. The molecule has 0 saturated heterocycles. The number of pyridine rings is 1. The SMILES string of the molecule is CC(C)c1c(C(=O)N[C@H]2CCOc3ccccc32)sc2c1nccc2[C@H]1CC[C@H](C(F)(F)F)CC1. The molecule has 8 heteroatoms. The third-order valence-electron chi connectivity index (χ3n) is 7.32. The highest BCUT2D eigenvalue weighted by Gasteiger charge is 2.42. The molecule has 1 N–H and O–H groups in total. The van der Waals surface area contributed by atoms with Gasteiger partial charge in [0.2, 0.25) is 0 Å². The van der Waals surface area contributed by atoms with Crippen molar-refractivity contribution in [2.24, 2.45) is 5.92 Å². The van der Waals surface area contributed by atoms with Crippen molar-refractivity contribution in [3.63, 3.8) is 0 Å². The average molecular weight is 503 g/mol. The highest BCUT2D eigenvalue weighted by atomic mass is 32.1. The lowest BCUT2D eigenvalue weighted by atomic mass is 9.78. The van der Waals surface area contributed by atoms with Crippen molar-refractivity contribution in [1.29, 1.82) is 0 Å². The largest absolute Gasteiger partial charge is 0.493 e. The number of hydrogen-bond donors (Lipinski definition) is 1. The number of benzene rings is 1. The molecule has 3 heterocycles. The summed E-state index contributed by atoms with van der Waals surface area (Å²) >= 11 is 1.43. The van der Waals surface area contributed by atoms with Crippen LogP contribution in [0.5, 0.6) is 5.75 Å². The number of halogens is 3. The molecule has 3 aromatic rings. The van der Waals surface area contributed by atoms with E-state index in [1.165, 1.54) is 11.3 Å². The number of nitrogens with one attached hydrogen (secondary N) is 1. The number of thiophene rings is 1. The monoisotopic (exact) mass is 502 g/mol. The van der Waals surface area contributed by atoms with E-state index in [9.17, 15) is 18.0 Å². The van der Waals surface area contributed by atoms with Crippen LogP contribution in [0.2, 0.25) is 0 Å². The van der Waals surface area contributed by atoms with Crippen molar-refractivity contribution < 1.29 is 22.7 Å². The van der Waals surface area contributed by atoms with E-state index in [-0.39, 0.29) is 36.6 Å². The molecule has 1 aliphatic heterocycles. The number of aromatic nitrogens is 1. The van der Waals surface area contributed by atoms with Gasteiger partial charge < -0.3 is 10.1 Å². The number of carbonyl (C=O) groups is 1. The van der Waals surface area contributed by atoms with Crippen LogP contribution in [0.3, 0.4) is 0 Å². The van der Waals surface area contributed by atoms with E-state index >= 15 is 0 Å². The third-order valence-corrected chi connectivity index (χ3v) is 8.56. The van der Waals surface area contributed by atoms with E-state index < -0.39 is 12.1 Å². The highest BCUT2D eigenvalue weighted by molar-refractivity contribution is 7.21. The van der Waals surface area contributed by atoms with Crippen LogP contribution in [0, 0.1) is 5.92 Å². The lowest BCUT2D eigenvalue weighted by Gasteiger charge is -2.30. The number of nitrogens with zero attached hydrogens (tertiary/aromatic N) is 1. The quantitative estimate of drug-likeness (QED) is 0.402. The second kappa shape index (κ2) is 9.45. The summed E-state index contributed by atoms with van der Waals surface area (Å²) in [4.78, 5) is 18.8. The van der Waals surface area contributed by atoms with Crippen molar-refractivity contribution in [3.05, 3.63) is 58.1 Å². The number of amides is 1. The van der Waals surface area contributed by atoms with Crippen LogP contribution in [0.25, 0.3) is 10.2 Å². The fraction of sp³-hybridized carbons (Fsp3) is 0.481. The minimum Gasteiger partial charge on any atom is -0.493 e. The van der Waals surface area contributed by atoms with E-state index in [4.69, 9.17) is 4.74 Å². The third kappa shape index (κ3) is 4.65. The van der Waals surface area contributed by atoms with Crippen LogP contribution >= 0.6 is 11.3 Å². The fourth-order valence-corrected chi connectivity index (χ4v) is 6.91. The van der Waals surface area contributed by atoms with Gasteiger partial charge in [-0.15, -0.1) is 11.3 Å². The normalized spacial score (nSPS) is 22.6. The van der Waals surface area contributed by atoms with Crippen molar-refractivity contribution in [3.8, 4) is 5.75 Å². The molecule has 0 spiro atoms. The molecule has 1 saturated carbocycles. The molecule has 1 atom stereocenters. The number of fused-ring (bicyclic) bond motifs is 2. The lowest BCUT2D eigenvalue weighted by molar-refractivity contribution is -0.182. The summed E-state index contributed by atoms with van der Waals surface area (Å²) in [5.74, 6) is -0.423. The Morgan fingerprint density at radius 2 is 1.83 bits per heavy atom. The van der Waals surface area contributed by atoms with Crippen LogP contribution in [0.15, 0.2) is 36.5 Å². The molecule has 4 nitrogen and oxygen atoms in total. The number of rotatable bonds is 4.